The minimum Gasteiger partial charge on any atom is -1.00 e. The van der Waals surface area contributed by atoms with Gasteiger partial charge in [0.1, 0.15) is 16.1 Å². The van der Waals surface area contributed by atoms with Gasteiger partial charge in [-0.2, -0.15) is 18.2 Å². The van der Waals surface area contributed by atoms with Crippen molar-refractivity contribution in [2.24, 2.45) is 0 Å². The van der Waals surface area contributed by atoms with Crippen LogP contribution in [0.4, 0.5) is 0 Å². The van der Waals surface area contributed by atoms with Crippen LogP contribution in [0.5, 0.6) is 17.2 Å². The van der Waals surface area contributed by atoms with Crippen molar-refractivity contribution in [2.75, 3.05) is 34.5 Å². The van der Waals surface area contributed by atoms with Crippen LogP contribution in [0, 0.1) is 6.07 Å². The average Bonchev–Trinajstić information content (AvgIpc) is 3.68. The van der Waals surface area contributed by atoms with Crippen molar-refractivity contribution in [1.29, 1.82) is 0 Å². The third-order valence-corrected chi connectivity index (χ3v) is 6.48. The molecule has 0 amide bonds. The van der Waals surface area contributed by atoms with Gasteiger partial charge in [0, 0.05) is 41.4 Å². The van der Waals surface area contributed by atoms with Crippen LogP contribution in [-0.4, -0.2) is 90.6 Å². The van der Waals surface area contributed by atoms with Gasteiger partial charge in [0.05, 0.1) is 27.0 Å². The molecular formula is C36H43Br3Mg2N2O4. The van der Waals surface area contributed by atoms with Crippen molar-refractivity contribution in [3.05, 3.63) is 137 Å². The third-order valence-electron chi connectivity index (χ3n) is 5.48. The number of pyridine rings is 2. The summed E-state index contributed by atoms with van der Waals surface area (Å²) in [4.78, 5) is 8.16. The predicted octanol–water partition coefficient (Wildman–Crippen LogP) is 6.45. The summed E-state index contributed by atoms with van der Waals surface area (Å²) in [6.45, 7) is 2.00. The van der Waals surface area contributed by atoms with E-state index in [2.05, 4.69) is 47.9 Å². The minimum absolute atomic E-state index is 0. The van der Waals surface area contributed by atoms with E-state index < -0.39 is 0 Å². The van der Waals surface area contributed by atoms with E-state index in [1.807, 2.05) is 109 Å². The van der Waals surface area contributed by atoms with E-state index in [-0.39, 0.29) is 73.4 Å². The van der Waals surface area contributed by atoms with Crippen LogP contribution in [0.15, 0.2) is 131 Å². The maximum atomic E-state index is 5.08. The average molecular weight is 856 g/mol. The quantitative estimate of drug-likeness (QED) is 0.118. The summed E-state index contributed by atoms with van der Waals surface area (Å²) in [5.41, 5.74) is 2.08. The van der Waals surface area contributed by atoms with E-state index in [0.29, 0.717) is 0 Å². The second-order valence-electron chi connectivity index (χ2n) is 8.51. The number of ether oxygens (including phenoxy) is 4. The Kier molecular flexibility index (Phi) is 34.7. The standard InChI is InChI=1S/C12H11NO.C7H7BrO.C7H7O.C5H4BrN.C4H8O.CH4.BrH.2Mg.2H/c1-14-11-7-5-10(6-8-11)12-4-2-3-9-13-12;1-9-7-4-2-6(8)3-5-7;1-8-7-5-3-2-4-6-7;6-5-3-1-2-4-7-5;1-2-4-5-3-1;;;;;;/h2-9H,1H3;2-5H,1H3;3-6H,1H3;1-4H;1-4H2;1H4;1H;;;;/q;;-1;;;;;2*+2;2*-1/p-1. The van der Waals surface area contributed by atoms with E-state index in [9.17, 15) is 0 Å². The van der Waals surface area contributed by atoms with Gasteiger partial charge in [-0.05, 0) is 102 Å². The summed E-state index contributed by atoms with van der Waals surface area (Å²) in [7, 11) is 4.97. The Labute approximate surface area is 343 Å². The van der Waals surface area contributed by atoms with Gasteiger partial charge < -0.3 is 38.8 Å². The number of nitrogens with zero attached hydrogens (tertiary/aromatic N) is 2. The fraction of sp³-hybridized carbons (Fsp3) is 0.222. The molecule has 6 nitrogen and oxygen atoms in total. The molecule has 47 heavy (non-hydrogen) atoms. The van der Waals surface area contributed by atoms with Gasteiger partial charge in [0.25, 0.3) is 0 Å². The maximum absolute atomic E-state index is 5.08. The Morgan fingerprint density at radius 3 is 1.45 bits per heavy atom. The normalized spacial score (nSPS) is 9.98. The van der Waals surface area contributed by atoms with Crippen molar-refractivity contribution in [2.45, 2.75) is 20.3 Å². The molecule has 0 atom stereocenters. The number of hydrogen-bond donors (Lipinski definition) is 0. The second-order valence-corrected chi connectivity index (χ2v) is 10.2. The third kappa shape index (κ3) is 24.1. The van der Waals surface area contributed by atoms with Crippen LogP contribution in [-0.2, 0) is 4.74 Å². The zero-order chi connectivity index (χ0) is 31.0. The molecule has 5 aromatic rings. The molecule has 11 heteroatoms. The summed E-state index contributed by atoms with van der Waals surface area (Å²) in [5.74, 6) is 2.63. The van der Waals surface area contributed by atoms with Crippen LogP contribution in [0.2, 0.25) is 0 Å². The zero-order valence-corrected chi connectivity index (χ0v) is 34.0. The maximum Gasteiger partial charge on any atom is 2.00 e. The fourth-order valence-electron chi connectivity index (χ4n) is 3.23. The number of aromatic nitrogens is 2. The summed E-state index contributed by atoms with van der Waals surface area (Å²) >= 11 is 6.52. The number of rotatable bonds is 4. The van der Waals surface area contributed by atoms with E-state index in [1.54, 1.807) is 33.7 Å². The van der Waals surface area contributed by atoms with E-state index in [0.717, 1.165) is 50.8 Å². The Morgan fingerprint density at radius 1 is 0.638 bits per heavy atom. The molecule has 0 saturated carbocycles. The number of halogens is 3. The van der Waals surface area contributed by atoms with E-state index in [4.69, 9.17) is 18.9 Å². The van der Waals surface area contributed by atoms with Gasteiger partial charge in [0.15, 0.2) is 0 Å². The van der Waals surface area contributed by atoms with Crippen molar-refractivity contribution in [3.8, 4) is 28.5 Å². The van der Waals surface area contributed by atoms with Crippen LogP contribution in [0.3, 0.4) is 0 Å². The Hall–Kier alpha value is -1.71. The first-order valence-electron chi connectivity index (χ1n) is 13.5. The molecule has 3 aromatic carbocycles. The largest absolute Gasteiger partial charge is 2.00 e. The molecule has 0 N–H and O–H groups in total. The number of hydrogen-bond acceptors (Lipinski definition) is 6. The van der Waals surface area contributed by atoms with Crippen molar-refractivity contribution >= 4 is 78.0 Å². The summed E-state index contributed by atoms with van der Waals surface area (Å²) in [5, 5.41) is 0. The smallest absolute Gasteiger partial charge is 1.00 e. The first-order chi connectivity index (χ1) is 21.0. The molecule has 3 heterocycles. The molecule has 0 spiro atoms. The predicted molar refractivity (Wildman–Crippen MR) is 201 cm³/mol. The Balaban J connectivity index is -0.000000166. The first kappa shape index (κ1) is 49.7. The van der Waals surface area contributed by atoms with Crippen LogP contribution in [0.25, 0.3) is 11.3 Å². The molecule has 1 fully saturated rings. The second kappa shape index (κ2) is 32.8. The minimum atomic E-state index is 0. The van der Waals surface area contributed by atoms with Gasteiger partial charge in [-0.25, -0.2) is 4.98 Å². The molecule has 0 aliphatic carbocycles. The molecule has 246 valence electrons. The molecule has 0 bridgehead atoms. The van der Waals surface area contributed by atoms with Gasteiger partial charge >= 0.3 is 46.1 Å². The number of methoxy groups -OCH3 is 3. The number of benzene rings is 3. The molecule has 0 radical (unpaired) electrons. The molecule has 1 saturated heterocycles. The summed E-state index contributed by atoms with van der Waals surface area (Å²) in [6, 6.07) is 37.4. The van der Waals surface area contributed by atoms with Gasteiger partial charge in [-0.15, -0.1) is 12.1 Å². The molecule has 2 aromatic heterocycles. The van der Waals surface area contributed by atoms with Crippen LogP contribution < -0.4 is 31.2 Å². The first-order valence-corrected chi connectivity index (χ1v) is 15.1. The van der Waals surface area contributed by atoms with Gasteiger partial charge in [-0.3, -0.25) is 4.98 Å². The van der Waals surface area contributed by atoms with Crippen LogP contribution >= 0.6 is 31.9 Å². The van der Waals surface area contributed by atoms with Gasteiger partial charge in [0.2, 0.25) is 0 Å². The Morgan fingerprint density at radius 2 is 1.11 bits per heavy atom. The fourth-order valence-corrected chi connectivity index (χ4v) is 3.76. The topological polar surface area (TPSA) is 62.7 Å². The molecular weight excluding hydrogens is 813 g/mol. The van der Waals surface area contributed by atoms with Crippen molar-refractivity contribution in [3.63, 3.8) is 0 Å². The van der Waals surface area contributed by atoms with E-state index >= 15 is 0 Å². The summed E-state index contributed by atoms with van der Waals surface area (Å²) in [6.07, 6.45) is 6.09. The molecule has 1 aliphatic rings. The molecule has 1 aliphatic heterocycles. The molecule has 6 rings (SSSR count). The molecule has 0 unspecified atom stereocenters. The van der Waals surface area contributed by atoms with E-state index in [1.165, 1.54) is 12.8 Å². The Bertz CT molecular complexity index is 1360. The summed E-state index contributed by atoms with van der Waals surface area (Å²) < 4.78 is 21.8. The van der Waals surface area contributed by atoms with Crippen molar-refractivity contribution < 1.29 is 38.8 Å². The zero-order valence-electron chi connectivity index (χ0n) is 28.5. The monoisotopic (exact) mass is 852 g/mol. The van der Waals surface area contributed by atoms with Crippen LogP contribution in [0.1, 0.15) is 23.1 Å². The van der Waals surface area contributed by atoms with Crippen molar-refractivity contribution in [1.82, 2.24) is 9.97 Å². The van der Waals surface area contributed by atoms with Gasteiger partial charge in [-0.1, -0.05) is 35.5 Å². The SMILES string of the molecule is Brc1ccccn1.C.C1CCOC1.COc1cc[c-]cc1.COc1ccc(-c2ccccn2)cc1.COc1ccc(Br)cc1.[Br-].[H-].[H-].[Mg+2].[Mg+2].